The van der Waals surface area contributed by atoms with Crippen LogP contribution < -0.4 is 10.6 Å². The summed E-state index contributed by atoms with van der Waals surface area (Å²) in [6, 6.07) is 20.1. The Balaban J connectivity index is 1.75. The minimum absolute atomic E-state index is 0.377. The molecule has 124 valence electrons. The van der Waals surface area contributed by atoms with Crippen LogP contribution in [0.1, 0.15) is 26.7 Å². The first kappa shape index (κ1) is 15.9. The number of hydrogen-bond acceptors (Lipinski definition) is 1. The van der Waals surface area contributed by atoms with Gasteiger partial charge in [-0.1, -0.05) is 86.2 Å². The largest absolute Gasteiger partial charge is 0.313 e. The number of rotatable bonds is 4. The molecule has 3 aliphatic rings. The summed E-state index contributed by atoms with van der Waals surface area (Å²) in [6.07, 6.45) is 5.52. The van der Waals surface area contributed by atoms with Gasteiger partial charge in [-0.2, -0.15) is 0 Å². The number of hydrogen-bond donors (Lipinski definition) is 0. The first-order valence-corrected chi connectivity index (χ1v) is 10.8. The van der Waals surface area contributed by atoms with Crippen LogP contribution in [0.25, 0.3) is 0 Å². The van der Waals surface area contributed by atoms with Gasteiger partial charge >= 0.3 is 0 Å². The van der Waals surface area contributed by atoms with Crippen LogP contribution in [-0.4, -0.2) is 6.16 Å². The normalized spacial score (nSPS) is 24.8. The summed E-state index contributed by atoms with van der Waals surface area (Å²) in [7, 11) is -2.63. The van der Waals surface area contributed by atoms with Crippen LogP contribution in [0, 0.1) is 17.3 Å². The van der Waals surface area contributed by atoms with Crippen molar-refractivity contribution in [1.29, 1.82) is 0 Å². The van der Waals surface area contributed by atoms with Gasteiger partial charge in [0, 0.05) is 16.8 Å². The van der Waals surface area contributed by atoms with Gasteiger partial charge in [0.05, 0.1) is 0 Å². The highest BCUT2D eigenvalue weighted by atomic mass is 31.2. The highest BCUT2D eigenvalue weighted by molar-refractivity contribution is 7.78. The van der Waals surface area contributed by atoms with Crippen molar-refractivity contribution in [2.45, 2.75) is 26.7 Å². The van der Waals surface area contributed by atoms with Gasteiger partial charge in [-0.25, -0.2) is 0 Å². The Morgan fingerprint density at radius 3 is 1.96 bits per heavy atom. The quantitative estimate of drug-likeness (QED) is 0.568. The van der Waals surface area contributed by atoms with E-state index in [-0.39, 0.29) is 0 Å². The van der Waals surface area contributed by atoms with Gasteiger partial charge in [0.2, 0.25) is 0 Å². The molecule has 2 aromatic rings. The first-order chi connectivity index (χ1) is 11.5. The van der Waals surface area contributed by atoms with E-state index in [0.717, 1.165) is 22.9 Å². The minimum Gasteiger partial charge on any atom is -0.313 e. The van der Waals surface area contributed by atoms with Crippen molar-refractivity contribution in [2.24, 2.45) is 17.3 Å². The number of fused-ring (bicyclic) bond motifs is 1. The molecule has 0 spiro atoms. The van der Waals surface area contributed by atoms with Crippen molar-refractivity contribution in [3.8, 4) is 0 Å². The molecule has 0 aliphatic heterocycles. The zero-order valence-corrected chi connectivity index (χ0v) is 15.4. The summed E-state index contributed by atoms with van der Waals surface area (Å²) in [6.45, 7) is 4.77. The van der Waals surface area contributed by atoms with Crippen LogP contribution in [0.5, 0.6) is 0 Å². The monoisotopic (exact) mass is 336 g/mol. The van der Waals surface area contributed by atoms with Crippen LogP contribution >= 0.6 is 7.14 Å². The Kier molecular flexibility index (Phi) is 3.81. The van der Waals surface area contributed by atoms with Crippen LogP contribution in [0.4, 0.5) is 0 Å². The predicted molar refractivity (Wildman–Crippen MR) is 103 cm³/mol. The average molecular weight is 336 g/mol. The van der Waals surface area contributed by atoms with E-state index in [1.807, 2.05) is 60.7 Å². The van der Waals surface area contributed by atoms with Gasteiger partial charge in [0.15, 0.2) is 0 Å². The maximum Gasteiger partial charge on any atom is 0.147 e. The molecule has 2 atom stereocenters. The molecule has 0 unspecified atom stereocenters. The zero-order chi connectivity index (χ0) is 16.8. The maximum atomic E-state index is 14.2. The van der Waals surface area contributed by atoms with Crippen molar-refractivity contribution in [2.75, 3.05) is 6.16 Å². The van der Waals surface area contributed by atoms with Gasteiger partial charge in [-0.3, -0.25) is 0 Å². The van der Waals surface area contributed by atoms with E-state index in [1.54, 1.807) is 0 Å². The van der Waals surface area contributed by atoms with E-state index < -0.39 is 7.14 Å². The molecule has 0 amide bonds. The molecule has 5 rings (SSSR count). The van der Waals surface area contributed by atoms with Gasteiger partial charge in [-0.15, -0.1) is 0 Å². The molecular formula is C22H25OP. The fourth-order valence-corrected chi connectivity index (χ4v) is 7.42. The fraction of sp³-hybridized carbons (Fsp3) is 0.364. The summed E-state index contributed by atoms with van der Waals surface area (Å²) in [5.74, 6) is 1.43. The van der Waals surface area contributed by atoms with Crippen LogP contribution in [0.2, 0.25) is 0 Å². The molecule has 1 saturated carbocycles. The summed E-state index contributed by atoms with van der Waals surface area (Å²) in [4.78, 5) is 0. The molecule has 24 heavy (non-hydrogen) atoms. The highest BCUT2D eigenvalue weighted by Gasteiger charge is 2.52. The molecule has 2 heteroatoms. The van der Waals surface area contributed by atoms with Crippen LogP contribution in [0.15, 0.2) is 72.3 Å². The Morgan fingerprint density at radius 2 is 1.50 bits per heavy atom. The molecular weight excluding hydrogens is 311 g/mol. The number of benzene rings is 2. The second kappa shape index (κ2) is 5.74. The molecule has 0 radical (unpaired) electrons. The zero-order valence-electron chi connectivity index (χ0n) is 14.5. The van der Waals surface area contributed by atoms with E-state index in [4.69, 9.17) is 0 Å². The second-order valence-corrected chi connectivity index (χ2v) is 10.7. The van der Waals surface area contributed by atoms with Crippen molar-refractivity contribution in [1.82, 2.24) is 0 Å². The van der Waals surface area contributed by atoms with Gasteiger partial charge in [0.25, 0.3) is 0 Å². The molecule has 0 aromatic heterocycles. The lowest BCUT2D eigenvalue weighted by Crippen LogP contribution is -2.48. The van der Waals surface area contributed by atoms with Gasteiger partial charge in [-0.05, 0) is 30.1 Å². The summed E-state index contributed by atoms with van der Waals surface area (Å²) < 4.78 is 14.2. The number of allylic oxidation sites excluding steroid dienone is 2. The SMILES string of the molecule is CC1(C)[C@H]2CC=C(CP(=O)(c3ccccc3)c3ccccc3)[C@@H]1C2. The highest BCUT2D eigenvalue weighted by Crippen LogP contribution is 2.61. The second-order valence-electron chi connectivity index (χ2n) is 7.89. The van der Waals surface area contributed by atoms with Gasteiger partial charge in [0.1, 0.15) is 7.14 Å². The first-order valence-electron chi connectivity index (χ1n) is 8.91. The Labute approximate surface area is 145 Å². The fourth-order valence-electron chi connectivity index (χ4n) is 4.58. The van der Waals surface area contributed by atoms with E-state index in [1.165, 1.54) is 12.0 Å². The molecule has 1 fully saturated rings. The Bertz CT molecular complexity index is 761. The maximum absolute atomic E-state index is 14.2. The topological polar surface area (TPSA) is 17.1 Å². The van der Waals surface area contributed by atoms with E-state index in [2.05, 4.69) is 19.9 Å². The lowest BCUT2D eigenvalue weighted by Gasteiger charge is -2.56. The lowest BCUT2D eigenvalue weighted by molar-refractivity contribution is -0.00550. The molecule has 0 saturated heterocycles. The lowest BCUT2D eigenvalue weighted by atomic mass is 9.49. The minimum atomic E-state index is -2.63. The van der Waals surface area contributed by atoms with Gasteiger partial charge < -0.3 is 4.57 Å². The third kappa shape index (κ3) is 2.42. The van der Waals surface area contributed by atoms with E-state index in [0.29, 0.717) is 17.5 Å². The molecule has 3 aliphatic carbocycles. The molecule has 2 bridgehead atoms. The van der Waals surface area contributed by atoms with E-state index >= 15 is 0 Å². The van der Waals surface area contributed by atoms with Crippen LogP contribution in [-0.2, 0) is 4.57 Å². The standard InChI is InChI=1S/C22H25OP/c1-22(2)18-14-13-17(21(22)15-18)16-24(23,19-9-5-3-6-10-19)20-11-7-4-8-12-20/h3-13,18,21H,14-16H2,1-2H3/t18-,21-/m0/s1. The van der Waals surface area contributed by atoms with Crippen LogP contribution in [0.3, 0.4) is 0 Å². The molecule has 2 aromatic carbocycles. The predicted octanol–water partition coefficient (Wildman–Crippen LogP) is 4.99. The van der Waals surface area contributed by atoms with Crippen molar-refractivity contribution in [3.63, 3.8) is 0 Å². The Hall–Kier alpha value is -1.59. The summed E-state index contributed by atoms with van der Waals surface area (Å²) in [5, 5.41) is 1.97. The summed E-state index contributed by atoms with van der Waals surface area (Å²) in [5.41, 5.74) is 1.81. The van der Waals surface area contributed by atoms with Crippen molar-refractivity contribution < 1.29 is 4.57 Å². The molecule has 1 nitrogen and oxygen atoms in total. The smallest absolute Gasteiger partial charge is 0.147 e. The average Bonchev–Trinajstić information content (AvgIpc) is 2.63. The van der Waals surface area contributed by atoms with E-state index in [9.17, 15) is 4.57 Å². The van der Waals surface area contributed by atoms with Crippen molar-refractivity contribution in [3.05, 3.63) is 72.3 Å². The van der Waals surface area contributed by atoms with Crippen molar-refractivity contribution >= 4 is 17.8 Å². The third-order valence-electron chi connectivity index (χ3n) is 6.33. The third-order valence-corrected chi connectivity index (χ3v) is 9.41. The molecule has 0 heterocycles. The Morgan fingerprint density at radius 1 is 0.958 bits per heavy atom. The molecule has 0 N–H and O–H groups in total. The summed E-state index contributed by atoms with van der Waals surface area (Å²) >= 11 is 0.